The molecule has 146 valence electrons. The number of β-amino-alcohol motifs (C(OH)–C–C–N with tert-alkyl or cyclic N) is 1. The lowest BCUT2D eigenvalue weighted by Crippen LogP contribution is -2.40. The number of aliphatic hydroxyl groups is 1. The number of hydrogen-bond donors (Lipinski definition) is 2. The number of aliphatic hydroxyl groups excluding tert-OH is 1. The molecule has 2 N–H and O–H groups in total. The van der Waals surface area contributed by atoms with Crippen molar-refractivity contribution in [2.45, 2.75) is 25.5 Å². The number of rotatable bonds is 9. The minimum Gasteiger partial charge on any atom is -0.491 e. The van der Waals surface area contributed by atoms with E-state index in [4.69, 9.17) is 9.47 Å². The highest BCUT2D eigenvalue weighted by Crippen LogP contribution is 2.19. The van der Waals surface area contributed by atoms with Crippen LogP contribution in [0.1, 0.15) is 18.4 Å². The van der Waals surface area contributed by atoms with E-state index in [1.165, 1.54) is 0 Å². The molecular formula is C20H32N2O3S. The molecule has 0 unspecified atom stereocenters. The Bertz CT molecular complexity index is 520. The lowest BCUT2D eigenvalue weighted by atomic mass is 10.0. The van der Waals surface area contributed by atoms with Gasteiger partial charge in [-0.05, 0) is 31.4 Å². The standard InChI is InChI=1S/C20H32N2O3S/c23-19(15-22-7-11-26-12-8-22)16-25-20-4-2-1-3-18(20)14-21-13-17-5-9-24-10-6-17/h1-4,17,19,21,23H,5-16H2/t19-/m1/s1. The SMILES string of the molecule is O[C@@H](COc1ccccc1CNCC1CCOCC1)CN1CCSCC1. The smallest absolute Gasteiger partial charge is 0.123 e. The Hall–Kier alpha value is -0.790. The number of ether oxygens (including phenoxy) is 2. The van der Waals surface area contributed by atoms with Crippen molar-refractivity contribution in [3.05, 3.63) is 29.8 Å². The van der Waals surface area contributed by atoms with Crippen LogP contribution >= 0.6 is 11.8 Å². The first-order chi connectivity index (χ1) is 12.8. The van der Waals surface area contributed by atoms with Gasteiger partial charge < -0.3 is 19.9 Å². The Morgan fingerprint density at radius 1 is 1.23 bits per heavy atom. The second kappa shape index (κ2) is 11.1. The molecule has 0 spiro atoms. The molecular weight excluding hydrogens is 348 g/mol. The number of nitrogens with zero attached hydrogens (tertiary/aromatic N) is 1. The van der Waals surface area contributed by atoms with Crippen LogP contribution in [0, 0.1) is 5.92 Å². The van der Waals surface area contributed by atoms with E-state index in [1.807, 2.05) is 30.0 Å². The van der Waals surface area contributed by atoms with Crippen LogP contribution in [0.5, 0.6) is 5.75 Å². The van der Waals surface area contributed by atoms with Crippen molar-refractivity contribution in [1.29, 1.82) is 0 Å². The largest absolute Gasteiger partial charge is 0.491 e. The molecule has 0 bridgehead atoms. The third-order valence-corrected chi connectivity index (χ3v) is 6.01. The van der Waals surface area contributed by atoms with Gasteiger partial charge in [0.1, 0.15) is 18.5 Å². The number of para-hydroxylation sites is 1. The Labute approximate surface area is 161 Å². The maximum Gasteiger partial charge on any atom is 0.123 e. The minimum absolute atomic E-state index is 0.348. The quantitative estimate of drug-likeness (QED) is 0.683. The molecule has 2 heterocycles. The van der Waals surface area contributed by atoms with Gasteiger partial charge in [0.15, 0.2) is 0 Å². The molecule has 2 fully saturated rings. The van der Waals surface area contributed by atoms with Gasteiger partial charge in [0.05, 0.1) is 0 Å². The van der Waals surface area contributed by atoms with Crippen LogP contribution in [0.2, 0.25) is 0 Å². The average Bonchev–Trinajstić information content (AvgIpc) is 2.69. The van der Waals surface area contributed by atoms with E-state index in [2.05, 4.69) is 16.3 Å². The zero-order valence-corrected chi connectivity index (χ0v) is 16.4. The molecule has 0 radical (unpaired) electrons. The lowest BCUT2D eigenvalue weighted by Gasteiger charge is -2.28. The summed E-state index contributed by atoms with van der Waals surface area (Å²) < 4.78 is 11.4. The first kappa shape index (κ1) is 20.0. The monoisotopic (exact) mass is 380 g/mol. The predicted octanol–water partition coefficient (Wildman–Crippen LogP) is 1.99. The van der Waals surface area contributed by atoms with Gasteiger partial charge in [-0.2, -0.15) is 11.8 Å². The van der Waals surface area contributed by atoms with Crippen molar-refractivity contribution >= 4 is 11.8 Å². The zero-order valence-electron chi connectivity index (χ0n) is 15.6. The van der Waals surface area contributed by atoms with Crippen molar-refractivity contribution in [3.63, 3.8) is 0 Å². The average molecular weight is 381 g/mol. The normalized spacial score (nSPS) is 20.8. The highest BCUT2D eigenvalue weighted by Gasteiger charge is 2.16. The van der Waals surface area contributed by atoms with Crippen LogP contribution in [0.25, 0.3) is 0 Å². The summed E-state index contributed by atoms with van der Waals surface area (Å²) in [6.45, 7) is 6.77. The minimum atomic E-state index is -0.443. The topological polar surface area (TPSA) is 54.0 Å². The highest BCUT2D eigenvalue weighted by molar-refractivity contribution is 7.99. The molecule has 3 rings (SSSR count). The fraction of sp³-hybridized carbons (Fsp3) is 0.700. The number of benzene rings is 1. The summed E-state index contributed by atoms with van der Waals surface area (Å²) in [5, 5.41) is 13.9. The van der Waals surface area contributed by atoms with Crippen LogP contribution in [-0.4, -0.2) is 73.6 Å². The zero-order chi connectivity index (χ0) is 18.0. The number of nitrogens with one attached hydrogen (secondary N) is 1. The lowest BCUT2D eigenvalue weighted by molar-refractivity contribution is 0.0660. The fourth-order valence-corrected chi connectivity index (χ4v) is 4.45. The van der Waals surface area contributed by atoms with E-state index >= 15 is 0 Å². The maximum atomic E-state index is 10.3. The Morgan fingerprint density at radius 3 is 2.81 bits per heavy atom. The molecule has 2 aliphatic heterocycles. The summed E-state index contributed by atoms with van der Waals surface area (Å²) in [5.74, 6) is 3.91. The van der Waals surface area contributed by atoms with Crippen LogP contribution in [0.4, 0.5) is 0 Å². The van der Waals surface area contributed by atoms with Gasteiger partial charge in [0, 0.05) is 56.5 Å². The molecule has 5 nitrogen and oxygen atoms in total. The van der Waals surface area contributed by atoms with E-state index in [0.717, 1.165) is 75.1 Å². The van der Waals surface area contributed by atoms with Gasteiger partial charge in [0.25, 0.3) is 0 Å². The fourth-order valence-electron chi connectivity index (χ4n) is 3.47. The first-order valence-electron chi connectivity index (χ1n) is 9.78. The third-order valence-electron chi connectivity index (χ3n) is 5.07. The summed E-state index contributed by atoms with van der Waals surface area (Å²) in [6.07, 6.45) is 1.85. The van der Waals surface area contributed by atoms with Gasteiger partial charge >= 0.3 is 0 Å². The molecule has 0 saturated carbocycles. The Morgan fingerprint density at radius 2 is 2.00 bits per heavy atom. The van der Waals surface area contributed by atoms with Gasteiger partial charge in [-0.25, -0.2) is 0 Å². The Balaban J connectivity index is 1.41. The van der Waals surface area contributed by atoms with Gasteiger partial charge in [-0.15, -0.1) is 0 Å². The molecule has 2 saturated heterocycles. The first-order valence-corrected chi connectivity index (χ1v) is 10.9. The highest BCUT2D eigenvalue weighted by atomic mass is 32.2. The third kappa shape index (κ3) is 6.74. The van der Waals surface area contributed by atoms with Crippen LogP contribution in [0.3, 0.4) is 0 Å². The van der Waals surface area contributed by atoms with Crippen molar-refractivity contribution in [3.8, 4) is 5.75 Å². The van der Waals surface area contributed by atoms with Crippen molar-refractivity contribution < 1.29 is 14.6 Å². The maximum absolute atomic E-state index is 10.3. The predicted molar refractivity (Wildman–Crippen MR) is 107 cm³/mol. The summed E-state index contributed by atoms with van der Waals surface area (Å²) >= 11 is 1.99. The van der Waals surface area contributed by atoms with Crippen molar-refractivity contribution in [2.75, 3.05) is 57.5 Å². The van der Waals surface area contributed by atoms with E-state index in [9.17, 15) is 5.11 Å². The summed E-state index contributed by atoms with van der Waals surface area (Å²) in [6, 6.07) is 8.13. The van der Waals surface area contributed by atoms with E-state index in [1.54, 1.807) is 0 Å². The molecule has 1 aromatic carbocycles. The van der Waals surface area contributed by atoms with Gasteiger partial charge in [0.2, 0.25) is 0 Å². The molecule has 0 amide bonds. The molecule has 1 atom stereocenters. The number of thioether (sulfide) groups is 1. The molecule has 26 heavy (non-hydrogen) atoms. The number of hydrogen-bond acceptors (Lipinski definition) is 6. The van der Waals surface area contributed by atoms with Gasteiger partial charge in [-0.3, -0.25) is 4.90 Å². The second-order valence-corrected chi connectivity index (χ2v) is 8.40. The summed E-state index contributed by atoms with van der Waals surface area (Å²) in [4.78, 5) is 2.33. The Kier molecular flexibility index (Phi) is 8.55. The molecule has 2 aliphatic rings. The molecule has 6 heteroatoms. The van der Waals surface area contributed by atoms with Crippen molar-refractivity contribution in [2.24, 2.45) is 5.92 Å². The molecule has 0 aromatic heterocycles. The van der Waals surface area contributed by atoms with E-state index < -0.39 is 6.10 Å². The van der Waals surface area contributed by atoms with E-state index in [0.29, 0.717) is 19.1 Å². The van der Waals surface area contributed by atoms with Gasteiger partial charge in [-0.1, -0.05) is 18.2 Å². The van der Waals surface area contributed by atoms with Crippen LogP contribution < -0.4 is 10.1 Å². The van der Waals surface area contributed by atoms with Crippen molar-refractivity contribution in [1.82, 2.24) is 10.2 Å². The van der Waals surface area contributed by atoms with Crippen LogP contribution in [-0.2, 0) is 11.3 Å². The molecule has 1 aromatic rings. The van der Waals surface area contributed by atoms with Crippen LogP contribution in [0.15, 0.2) is 24.3 Å². The summed E-state index contributed by atoms with van der Waals surface area (Å²) in [5.41, 5.74) is 1.15. The second-order valence-electron chi connectivity index (χ2n) is 7.17. The van der Waals surface area contributed by atoms with E-state index in [-0.39, 0.29) is 0 Å². The molecule has 0 aliphatic carbocycles. The summed E-state index contributed by atoms with van der Waals surface area (Å²) in [7, 11) is 0.